The molecule has 0 N–H and O–H groups in total. The van der Waals surface area contributed by atoms with Crippen LogP contribution in [0.4, 0.5) is 4.70 Å². The summed E-state index contributed by atoms with van der Waals surface area (Å²) in [6.07, 6.45) is 1.74. The van der Waals surface area contributed by atoms with Gasteiger partial charge in [-0.1, -0.05) is 12.8 Å². The van der Waals surface area contributed by atoms with E-state index in [1.165, 1.54) is 7.11 Å². The Morgan fingerprint density at radius 3 is 2.60 bits per heavy atom. The van der Waals surface area contributed by atoms with Crippen molar-refractivity contribution in [2.24, 2.45) is 0 Å². The van der Waals surface area contributed by atoms with E-state index in [9.17, 15) is 4.79 Å². The Kier molecular flexibility index (Phi) is 9.33. The molecule has 0 atom stereocenters. The Hall–Kier alpha value is -1.04. The fourth-order valence-electron chi connectivity index (χ4n) is 0.311. The number of esters is 1. The van der Waals surface area contributed by atoms with Crippen LogP contribution >= 0.6 is 0 Å². The maximum atomic E-state index is 10.3. The van der Waals surface area contributed by atoms with Crippen LogP contribution in [0.15, 0.2) is 0 Å². The van der Waals surface area contributed by atoms with Crippen LogP contribution in [0.3, 0.4) is 0 Å². The van der Waals surface area contributed by atoms with Gasteiger partial charge in [0.1, 0.15) is 0 Å². The minimum atomic E-state index is -0.455. The van der Waals surface area contributed by atoms with Crippen LogP contribution in [-0.2, 0) is 9.53 Å². The fraction of sp³-hybridized carbons (Fsp3) is 0.571. The van der Waals surface area contributed by atoms with Crippen LogP contribution in [0.2, 0.25) is 0 Å². The molecule has 0 radical (unpaired) electrons. The van der Waals surface area contributed by atoms with E-state index < -0.39 is 5.97 Å². The lowest BCUT2D eigenvalue weighted by atomic mass is 10.3. The molecule has 0 saturated heterocycles. The maximum Gasteiger partial charge on any atom is 0.384 e. The molecular formula is C7H11FO2. The maximum absolute atomic E-state index is 10.3. The third-order valence-corrected chi connectivity index (χ3v) is 0.751. The molecule has 10 heavy (non-hydrogen) atoms. The minimum absolute atomic E-state index is 0. The van der Waals surface area contributed by atoms with Crippen molar-refractivity contribution in [1.29, 1.82) is 0 Å². The number of methoxy groups -OCH3 is 1. The number of carbonyl (C=O) groups excluding carboxylic acids is 1. The SMILES string of the molecule is CCCC#CC(=O)OC.F. The Labute approximate surface area is 59.9 Å². The highest BCUT2D eigenvalue weighted by molar-refractivity contribution is 5.88. The number of halogens is 1. The van der Waals surface area contributed by atoms with E-state index in [1.54, 1.807) is 0 Å². The molecule has 0 aromatic heterocycles. The molecule has 0 bridgehead atoms. The summed E-state index contributed by atoms with van der Waals surface area (Å²) in [6, 6.07) is 0. The van der Waals surface area contributed by atoms with Crippen LogP contribution in [0.25, 0.3) is 0 Å². The average Bonchev–Trinajstić information content (AvgIpc) is 1.89. The molecule has 0 unspecified atom stereocenters. The topological polar surface area (TPSA) is 26.3 Å². The highest BCUT2D eigenvalue weighted by atomic mass is 19.0. The van der Waals surface area contributed by atoms with Gasteiger partial charge in [0, 0.05) is 12.3 Å². The number of unbranched alkanes of at least 4 members (excludes halogenated alkanes) is 1. The minimum Gasteiger partial charge on any atom is -0.459 e. The monoisotopic (exact) mass is 146 g/mol. The first-order valence-corrected chi connectivity index (χ1v) is 2.88. The van der Waals surface area contributed by atoms with Gasteiger partial charge in [0.15, 0.2) is 0 Å². The van der Waals surface area contributed by atoms with Gasteiger partial charge in [0.25, 0.3) is 0 Å². The van der Waals surface area contributed by atoms with Crippen molar-refractivity contribution in [2.45, 2.75) is 19.8 Å². The summed E-state index contributed by atoms with van der Waals surface area (Å²) >= 11 is 0. The molecule has 2 nitrogen and oxygen atoms in total. The van der Waals surface area contributed by atoms with Crippen molar-refractivity contribution in [1.82, 2.24) is 0 Å². The first-order chi connectivity index (χ1) is 4.31. The standard InChI is InChI=1S/C7H10O2.FH/c1-3-4-5-6-7(8)9-2;/h3-4H2,1-2H3;1H. The molecule has 3 heteroatoms. The van der Waals surface area contributed by atoms with Crippen LogP contribution in [0.1, 0.15) is 19.8 Å². The zero-order valence-corrected chi connectivity index (χ0v) is 6.14. The first kappa shape index (κ1) is 11.7. The first-order valence-electron chi connectivity index (χ1n) is 2.88. The second-order valence-corrected chi connectivity index (χ2v) is 1.54. The van der Waals surface area contributed by atoms with E-state index in [0.717, 1.165) is 12.8 Å². The number of rotatable bonds is 1. The number of hydrogen-bond donors (Lipinski definition) is 0. The third kappa shape index (κ3) is 6.96. The second-order valence-electron chi connectivity index (χ2n) is 1.54. The van der Waals surface area contributed by atoms with Crippen LogP contribution in [-0.4, -0.2) is 13.1 Å². The largest absolute Gasteiger partial charge is 0.459 e. The molecule has 0 spiro atoms. The summed E-state index contributed by atoms with van der Waals surface area (Å²) in [7, 11) is 1.32. The summed E-state index contributed by atoms with van der Waals surface area (Å²) in [5, 5.41) is 0. The smallest absolute Gasteiger partial charge is 0.384 e. The quantitative estimate of drug-likeness (QED) is 0.315. The molecular weight excluding hydrogens is 135 g/mol. The third-order valence-electron chi connectivity index (χ3n) is 0.751. The van der Waals surface area contributed by atoms with Gasteiger partial charge < -0.3 is 4.74 Å². The zero-order valence-electron chi connectivity index (χ0n) is 6.14. The van der Waals surface area contributed by atoms with Gasteiger partial charge in [-0.05, 0) is 6.42 Å². The molecule has 0 aliphatic carbocycles. The lowest BCUT2D eigenvalue weighted by Crippen LogP contribution is -1.93. The van der Waals surface area contributed by atoms with Gasteiger partial charge in [0.2, 0.25) is 0 Å². The van der Waals surface area contributed by atoms with Gasteiger partial charge in [-0.2, -0.15) is 0 Å². The Morgan fingerprint density at radius 1 is 1.60 bits per heavy atom. The molecule has 0 aliphatic heterocycles. The molecule has 0 aromatic carbocycles. The van der Waals surface area contributed by atoms with Crippen LogP contribution in [0, 0.1) is 11.8 Å². The van der Waals surface area contributed by atoms with Gasteiger partial charge in [-0.25, -0.2) is 4.79 Å². The number of ether oxygens (including phenoxy) is 1. The highest BCUT2D eigenvalue weighted by Gasteiger charge is 1.86. The molecule has 0 saturated carbocycles. The number of carbonyl (C=O) groups is 1. The lowest BCUT2D eigenvalue weighted by Gasteiger charge is -1.83. The average molecular weight is 146 g/mol. The van der Waals surface area contributed by atoms with Gasteiger partial charge in [0.05, 0.1) is 7.11 Å². The van der Waals surface area contributed by atoms with Crippen molar-refractivity contribution in [3.8, 4) is 11.8 Å². The fourth-order valence-corrected chi connectivity index (χ4v) is 0.311. The van der Waals surface area contributed by atoms with Gasteiger partial charge in [-0.15, -0.1) is 0 Å². The molecule has 0 aliphatic rings. The highest BCUT2D eigenvalue weighted by Crippen LogP contribution is 1.80. The molecule has 0 aromatic rings. The van der Waals surface area contributed by atoms with E-state index in [4.69, 9.17) is 0 Å². The van der Waals surface area contributed by atoms with Crippen LogP contribution in [0.5, 0.6) is 0 Å². The summed E-state index contributed by atoms with van der Waals surface area (Å²) < 4.78 is 4.28. The Bertz CT molecular complexity index is 143. The summed E-state index contributed by atoms with van der Waals surface area (Å²) in [6.45, 7) is 2.01. The van der Waals surface area contributed by atoms with Crippen molar-refractivity contribution in [3.05, 3.63) is 0 Å². The van der Waals surface area contributed by atoms with Crippen molar-refractivity contribution in [2.75, 3.05) is 7.11 Å². The molecule has 0 amide bonds. The van der Waals surface area contributed by atoms with E-state index in [1.807, 2.05) is 6.92 Å². The molecule has 0 rings (SSSR count). The Balaban J connectivity index is 0. The molecule has 0 fully saturated rings. The predicted octanol–water partition coefficient (Wildman–Crippen LogP) is 1.12. The van der Waals surface area contributed by atoms with E-state index in [-0.39, 0.29) is 4.70 Å². The predicted molar refractivity (Wildman–Crippen MR) is 37.2 cm³/mol. The van der Waals surface area contributed by atoms with Crippen molar-refractivity contribution < 1.29 is 14.2 Å². The van der Waals surface area contributed by atoms with Crippen LogP contribution < -0.4 is 0 Å². The molecule has 0 heterocycles. The normalized spacial score (nSPS) is 6.60. The van der Waals surface area contributed by atoms with Crippen molar-refractivity contribution in [3.63, 3.8) is 0 Å². The number of hydrogen-bond acceptors (Lipinski definition) is 2. The van der Waals surface area contributed by atoms with E-state index in [2.05, 4.69) is 16.6 Å². The second kappa shape index (κ2) is 7.96. The Morgan fingerprint density at radius 2 is 2.20 bits per heavy atom. The van der Waals surface area contributed by atoms with Crippen molar-refractivity contribution >= 4 is 5.97 Å². The summed E-state index contributed by atoms with van der Waals surface area (Å²) in [5.41, 5.74) is 0. The zero-order chi connectivity index (χ0) is 7.11. The van der Waals surface area contributed by atoms with Gasteiger partial charge >= 0.3 is 5.97 Å². The van der Waals surface area contributed by atoms with E-state index >= 15 is 0 Å². The summed E-state index contributed by atoms with van der Waals surface area (Å²) in [4.78, 5) is 10.3. The van der Waals surface area contributed by atoms with E-state index in [0.29, 0.717) is 0 Å². The summed E-state index contributed by atoms with van der Waals surface area (Å²) in [5.74, 6) is 4.53. The lowest BCUT2D eigenvalue weighted by molar-refractivity contribution is -0.133. The molecule has 58 valence electrons. The van der Waals surface area contributed by atoms with Gasteiger partial charge in [-0.3, -0.25) is 4.70 Å².